The van der Waals surface area contributed by atoms with E-state index in [2.05, 4.69) is 22.1 Å². The van der Waals surface area contributed by atoms with E-state index >= 15 is 0 Å². The van der Waals surface area contributed by atoms with Crippen LogP contribution in [0.25, 0.3) is 0 Å². The summed E-state index contributed by atoms with van der Waals surface area (Å²) in [5, 5.41) is 4.62. The third kappa shape index (κ3) is 4.39. The maximum Gasteiger partial charge on any atom is 0.243 e. The van der Waals surface area contributed by atoms with Crippen molar-refractivity contribution >= 4 is 22.2 Å². The van der Waals surface area contributed by atoms with Gasteiger partial charge in [0.05, 0.1) is 18.1 Å². The van der Waals surface area contributed by atoms with Gasteiger partial charge in [-0.2, -0.15) is 9.40 Å². The average Bonchev–Trinajstić information content (AvgIpc) is 3.03. The van der Waals surface area contributed by atoms with Crippen LogP contribution in [0.15, 0.2) is 65.6 Å². The second-order valence-electron chi connectivity index (χ2n) is 7.38. The first-order valence-corrected chi connectivity index (χ1v) is 11.8. The van der Waals surface area contributed by atoms with Crippen LogP contribution in [-0.4, -0.2) is 58.1 Å². The van der Waals surface area contributed by atoms with Crippen LogP contribution >= 0.6 is 12.2 Å². The maximum atomic E-state index is 12.8. The van der Waals surface area contributed by atoms with Crippen LogP contribution < -0.4 is 0 Å². The SMILES string of the molecule is Cc1nn(CN2CCN(S(=O)(=O)c3ccccc3)CC2)c(=S)n1Cc1ccccc1. The highest BCUT2D eigenvalue weighted by Gasteiger charge is 2.28. The first-order valence-electron chi connectivity index (χ1n) is 9.91. The minimum absolute atomic E-state index is 0.343. The van der Waals surface area contributed by atoms with Gasteiger partial charge in [0.15, 0.2) is 4.77 Å². The molecule has 9 heteroatoms. The number of sulfonamides is 1. The van der Waals surface area contributed by atoms with Crippen LogP contribution in [0.2, 0.25) is 0 Å². The van der Waals surface area contributed by atoms with Gasteiger partial charge in [-0.15, -0.1) is 0 Å². The van der Waals surface area contributed by atoms with Gasteiger partial charge in [0.2, 0.25) is 10.0 Å². The van der Waals surface area contributed by atoms with Gasteiger partial charge in [0.1, 0.15) is 5.82 Å². The number of nitrogens with zero attached hydrogens (tertiary/aromatic N) is 5. The van der Waals surface area contributed by atoms with E-state index in [1.165, 1.54) is 5.56 Å². The van der Waals surface area contributed by atoms with Crippen molar-refractivity contribution in [3.63, 3.8) is 0 Å². The average molecular weight is 444 g/mol. The molecule has 0 spiro atoms. The van der Waals surface area contributed by atoms with Crippen molar-refractivity contribution in [3.05, 3.63) is 76.8 Å². The summed E-state index contributed by atoms with van der Waals surface area (Å²) in [6, 6.07) is 18.8. The van der Waals surface area contributed by atoms with E-state index in [1.54, 1.807) is 28.6 Å². The molecular weight excluding hydrogens is 418 g/mol. The highest BCUT2D eigenvalue weighted by Crippen LogP contribution is 2.17. The minimum atomic E-state index is -3.44. The molecule has 2 aromatic carbocycles. The summed E-state index contributed by atoms with van der Waals surface area (Å²) in [4.78, 5) is 2.53. The van der Waals surface area contributed by atoms with Gasteiger partial charge in [0, 0.05) is 26.2 Å². The fraction of sp³-hybridized carbons (Fsp3) is 0.333. The Balaban J connectivity index is 1.41. The predicted molar refractivity (Wildman–Crippen MR) is 118 cm³/mol. The Hall–Kier alpha value is -2.33. The third-order valence-electron chi connectivity index (χ3n) is 5.34. The van der Waals surface area contributed by atoms with E-state index in [-0.39, 0.29) is 0 Å². The van der Waals surface area contributed by atoms with E-state index in [9.17, 15) is 8.42 Å². The lowest BCUT2D eigenvalue weighted by molar-refractivity contribution is 0.144. The molecule has 1 aliphatic heterocycles. The molecule has 7 nitrogen and oxygen atoms in total. The maximum absolute atomic E-state index is 12.8. The van der Waals surface area contributed by atoms with Crippen molar-refractivity contribution < 1.29 is 8.42 Å². The molecule has 0 N–H and O–H groups in total. The molecule has 0 amide bonds. The molecular formula is C21H25N5O2S2. The fourth-order valence-electron chi connectivity index (χ4n) is 3.63. The molecule has 30 heavy (non-hydrogen) atoms. The van der Waals surface area contributed by atoms with Crippen LogP contribution in [0, 0.1) is 11.7 Å². The van der Waals surface area contributed by atoms with Crippen molar-refractivity contribution in [2.75, 3.05) is 26.2 Å². The van der Waals surface area contributed by atoms with Crippen LogP contribution in [-0.2, 0) is 23.2 Å². The lowest BCUT2D eigenvalue weighted by Crippen LogP contribution is -2.48. The Morgan fingerprint density at radius 2 is 1.53 bits per heavy atom. The molecule has 2 heterocycles. The Labute approximate surface area is 182 Å². The quantitative estimate of drug-likeness (QED) is 0.548. The molecule has 158 valence electrons. The molecule has 0 radical (unpaired) electrons. The summed E-state index contributed by atoms with van der Waals surface area (Å²) in [5.74, 6) is 0.870. The predicted octanol–water partition coefficient (Wildman–Crippen LogP) is 2.73. The van der Waals surface area contributed by atoms with E-state index in [0.29, 0.717) is 49.1 Å². The van der Waals surface area contributed by atoms with E-state index < -0.39 is 10.0 Å². The largest absolute Gasteiger partial charge is 0.300 e. The smallest absolute Gasteiger partial charge is 0.243 e. The highest BCUT2D eigenvalue weighted by molar-refractivity contribution is 7.89. The molecule has 0 aliphatic carbocycles. The van der Waals surface area contributed by atoms with Crippen molar-refractivity contribution in [2.45, 2.75) is 25.0 Å². The van der Waals surface area contributed by atoms with E-state index in [4.69, 9.17) is 12.2 Å². The summed E-state index contributed by atoms with van der Waals surface area (Å²) >= 11 is 5.66. The van der Waals surface area contributed by atoms with Crippen molar-refractivity contribution in [3.8, 4) is 0 Å². The van der Waals surface area contributed by atoms with Crippen LogP contribution in [0.3, 0.4) is 0 Å². The molecule has 0 bridgehead atoms. The Bertz CT molecular complexity index is 1150. The van der Waals surface area contributed by atoms with Crippen molar-refractivity contribution in [2.24, 2.45) is 0 Å². The topological polar surface area (TPSA) is 63.4 Å². The van der Waals surface area contributed by atoms with Gasteiger partial charge in [0.25, 0.3) is 0 Å². The van der Waals surface area contributed by atoms with Gasteiger partial charge >= 0.3 is 0 Å². The number of aryl methyl sites for hydroxylation is 1. The standard InChI is InChI=1S/C21H25N5O2S2/c1-18-22-26(21(29)25(18)16-19-8-4-2-5-9-19)17-23-12-14-24(15-13-23)30(27,28)20-10-6-3-7-11-20/h2-11H,12-17H2,1H3. The summed E-state index contributed by atoms with van der Waals surface area (Å²) in [6.45, 7) is 5.38. The second-order valence-corrected chi connectivity index (χ2v) is 9.68. The molecule has 1 aromatic heterocycles. The fourth-order valence-corrected chi connectivity index (χ4v) is 5.37. The van der Waals surface area contributed by atoms with Gasteiger partial charge in [-0.05, 0) is 36.8 Å². The Morgan fingerprint density at radius 1 is 0.933 bits per heavy atom. The van der Waals surface area contributed by atoms with Crippen LogP contribution in [0.1, 0.15) is 11.4 Å². The second kappa shape index (κ2) is 8.81. The normalized spacial score (nSPS) is 16.0. The number of hydrogen-bond acceptors (Lipinski definition) is 5. The number of aromatic nitrogens is 3. The number of benzene rings is 2. The van der Waals surface area contributed by atoms with Gasteiger partial charge in [-0.25, -0.2) is 13.1 Å². The number of piperazine rings is 1. The molecule has 1 aliphatic rings. The monoisotopic (exact) mass is 443 g/mol. The first kappa shape index (κ1) is 20.9. The summed E-state index contributed by atoms with van der Waals surface area (Å²) < 4.78 is 31.7. The number of hydrogen-bond donors (Lipinski definition) is 0. The summed E-state index contributed by atoms with van der Waals surface area (Å²) in [6.07, 6.45) is 0. The van der Waals surface area contributed by atoms with Crippen molar-refractivity contribution in [1.29, 1.82) is 0 Å². The Morgan fingerprint density at radius 3 is 2.17 bits per heavy atom. The van der Waals surface area contributed by atoms with Gasteiger partial charge in [-0.1, -0.05) is 48.5 Å². The molecule has 3 aromatic rings. The zero-order chi connectivity index (χ0) is 21.1. The van der Waals surface area contributed by atoms with E-state index in [1.807, 2.05) is 40.4 Å². The molecule has 0 unspecified atom stereocenters. The lowest BCUT2D eigenvalue weighted by atomic mass is 10.2. The Kier molecular flexibility index (Phi) is 6.14. The van der Waals surface area contributed by atoms with E-state index in [0.717, 1.165) is 5.82 Å². The number of rotatable bonds is 6. The third-order valence-corrected chi connectivity index (χ3v) is 7.68. The molecule has 0 saturated carbocycles. The van der Waals surface area contributed by atoms with Crippen LogP contribution in [0.5, 0.6) is 0 Å². The zero-order valence-electron chi connectivity index (χ0n) is 16.9. The molecule has 0 atom stereocenters. The zero-order valence-corrected chi connectivity index (χ0v) is 18.5. The summed E-state index contributed by atoms with van der Waals surface area (Å²) in [7, 11) is -3.44. The van der Waals surface area contributed by atoms with Gasteiger partial charge in [-0.3, -0.25) is 9.47 Å². The highest BCUT2D eigenvalue weighted by atomic mass is 32.2. The molecule has 1 saturated heterocycles. The van der Waals surface area contributed by atoms with Crippen LogP contribution in [0.4, 0.5) is 0 Å². The lowest BCUT2D eigenvalue weighted by Gasteiger charge is -2.33. The molecule has 4 rings (SSSR count). The summed E-state index contributed by atoms with van der Waals surface area (Å²) in [5.41, 5.74) is 1.18. The molecule has 1 fully saturated rings. The van der Waals surface area contributed by atoms with Gasteiger partial charge < -0.3 is 0 Å². The first-order chi connectivity index (χ1) is 14.4. The minimum Gasteiger partial charge on any atom is -0.300 e. The van der Waals surface area contributed by atoms with Crippen molar-refractivity contribution in [1.82, 2.24) is 23.6 Å².